The van der Waals surface area contributed by atoms with Crippen molar-refractivity contribution in [1.29, 1.82) is 0 Å². The van der Waals surface area contributed by atoms with Crippen molar-refractivity contribution in [3.05, 3.63) is 18.0 Å². The first-order valence-electron chi connectivity index (χ1n) is 8.96. The molecule has 0 saturated heterocycles. The average molecular weight is 308 g/mol. The minimum Gasteiger partial charge on any atom is -0.480 e. The van der Waals surface area contributed by atoms with Gasteiger partial charge in [-0.2, -0.15) is 5.10 Å². The zero-order valence-electron chi connectivity index (χ0n) is 14.1. The van der Waals surface area contributed by atoms with Gasteiger partial charge in [-0.1, -0.05) is 71.1 Å². The van der Waals surface area contributed by atoms with Gasteiger partial charge in [0.05, 0.1) is 5.69 Å². The van der Waals surface area contributed by atoms with Crippen molar-refractivity contribution in [2.75, 3.05) is 0 Å². The minimum atomic E-state index is -0.843. The molecule has 0 aliphatic heterocycles. The van der Waals surface area contributed by atoms with Crippen molar-refractivity contribution in [3.63, 3.8) is 0 Å². The Labute approximate surface area is 134 Å². The molecule has 1 aromatic heterocycles. The standard InChI is InChI=1S/C18H32N2O2/c1-2-3-4-5-6-7-8-9-10-11-12-13-17-14-15-20(19-17)16-18(21)22/h14-15H,2-13,16H2,1H3,(H,21,22). The van der Waals surface area contributed by atoms with Crippen LogP contribution in [0.1, 0.15) is 83.2 Å². The minimum absolute atomic E-state index is 0.0434. The van der Waals surface area contributed by atoms with Gasteiger partial charge in [0.1, 0.15) is 6.54 Å². The number of hydrogen-bond acceptors (Lipinski definition) is 2. The van der Waals surface area contributed by atoms with E-state index in [9.17, 15) is 4.79 Å². The lowest BCUT2D eigenvalue weighted by Crippen LogP contribution is -2.09. The molecule has 0 aromatic carbocycles. The van der Waals surface area contributed by atoms with Crippen LogP contribution in [-0.2, 0) is 17.8 Å². The van der Waals surface area contributed by atoms with E-state index in [4.69, 9.17) is 5.11 Å². The molecule has 4 nitrogen and oxygen atoms in total. The second-order valence-electron chi connectivity index (χ2n) is 6.18. The van der Waals surface area contributed by atoms with Gasteiger partial charge in [0.2, 0.25) is 0 Å². The van der Waals surface area contributed by atoms with Gasteiger partial charge in [-0.25, -0.2) is 0 Å². The summed E-state index contributed by atoms with van der Waals surface area (Å²) in [5, 5.41) is 13.0. The molecule has 126 valence electrons. The number of aliphatic carboxylic acids is 1. The van der Waals surface area contributed by atoms with Crippen molar-refractivity contribution in [2.24, 2.45) is 0 Å². The van der Waals surface area contributed by atoms with Crippen molar-refractivity contribution < 1.29 is 9.90 Å². The first kappa shape index (κ1) is 18.7. The zero-order chi connectivity index (χ0) is 16.0. The summed E-state index contributed by atoms with van der Waals surface area (Å²) >= 11 is 0. The van der Waals surface area contributed by atoms with E-state index < -0.39 is 5.97 Å². The SMILES string of the molecule is CCCCCCCCCCCCCc1ccn(CC(=O)O)n1. The summed E-state index contributed by atoms with van der Waals surface area (Å²) in [6.45, 7) is 2.22. The average Bonchev–Trinajstić information content (AvgIpc) is 2.91. The highest BCUT2D eigenvalue weighted by molar-refractivity contribution is 5.66. The van der Waals surface area contributed by atoms with Crippen LogP contribution < -0.4 is 0 Å². The summed E-state index contributed by atoms with van der Waals surface area (Å²) in [4.78, 5) is 10.6. The molecule has 1 aromatic rings. The van der Waals surface area contributed by atoms with Gasteiger partial charge in [-0.05, 0) is 18.9 Å². The van der Waals surface area contributed by atoms with Crippen molar-refractivity contribution in [1.82, 2.24) is 9.78 Å². The Morgan fingerprint density at radius 3 is 2.09 bits per heavy atom. The molecular weight excluding hydrogens is 276 g/mol. The monoisotopic (exact) mass is 308 g/mol. The molecule has 0 aliphatic carbocycles. The number of carboxylic acids is 1. The maximum Gasteiger partial charge on any atom is 0.325 e. The summed E-state index contributed by atoms with van der Waals surface area (Å²) in [7, 11) is 0. The predicted octanol–water partition coefficient (Wildman–Crippen LogP) is 4.82. The largest absolute Gasteiger partial charge is 0.480 e. The van der Waals surface area contributed by atoms with Gasteiger partial charge in [0.15, 0.2) is 0 Å². The van der Waals surface area contributed by atoms with Gasteiger partial charge in [-0.3, -0.25) is 9.48 Å². The van der Waals surface area contributed by atoms with E-state index in [1.54, 1.807) is 6.20 Å². The molecule has 1 N–H and O–H groups in total. The number of rotatable bonds is 14. The van der Waals surface area contributed by atoms with E-state index in [-0.39, 0.29) is 6.54 Å². The summed E-state index contributed by atoms with van der Waals surface area (Å²) in [6, 6.07) is 1.93. The number of hydrogen-bond donors (Lipinski definition) is 1. The van der Waals surface area contributed by atoms with E-state index in [2.05, 4.69) is 12.0 Å². The Balaban J connectivity index is 1.91. The van der Waals surface area contributed by atoms with Crippen molar-refractivity contribution in [3.8, 4) is 0 Å². The van der Waals surface area contributed by atoms with Crippen LogP contribution in [0, 0.1) is 0 Å². The second kappa shape index (κ2) is 12.2. The fourth-order valence-electron chi connectivity index (χ4n) is 2.73. The smallest absolute Gasteiger partial charge is 0.325 e. The van der Waals surface area contributed by atoms with Gasteiger partial charge in [-0.15, -0.1) is 0 Å². The van der Waals surface area contributed by atoms with Crippen LogP contribution in [0.15, 0.2) is 12.3 Å². The number of carboxylic acid groups (broad SMARTS) is 1. The lowest BCUT2D eigenvalue weighted by atomic mass is 10.0. The van der Waals surface area contributed by atoms with E-state index in [0.29, 0.717) is 0 Å². The number of carbonyl (C=O) groups is 1. The number of unbranched alkanes of at least 4 members (excludes halogenated alkanes) is 10. The van der Waals surface area contributed by atoms with Gasteiger partial charge >= 0.3 is 5.97 Å². The summed E-state index contributed by atoms with van der Waals surface area (Å²) in [5.74, 6) is -0.843. The van der Waals surface area contributed by atoms with Crippen LogP contribution in [0.3, 0.4) is 0 Å². The fourth-order valence-corrected chi connectivity index (χ4v) is 2.73. The predicted molar refractivity (Wildman–Crippen MR) is 90.0 cm³/mol. The molecule has 1 rings (SSSR count). The van der Waals surface area contributed by atoms with Crippen LogP contribution in [0.4, 0.5) is 0 Å². The molecular formula is C18H32N2O2. The van der Waals surface area contributed by atoms with E-state index in [1.165, 1.54) is 68.9 Å². The third-order valence-electron chi connectivity index (χ3n) is 4.03. The van der Waals surface area contributed by atoms with Gasteiger partial charge < -0.3 is 5.11 Å². The molecule has 0 aliphatic rings. The molecule has 4 heteroatoms. The highest BCUT2D eigenvalue weighted by Gasteiger charge is 2.02. The third-order valence-corrected chi connectivity index (χ3v) is 4.03. The molecule has 0 spiro atoms. The van der Waals surface area contributed by atoms with Gasteiger partial charge in [0.25, 0.3) is 0 Å². The quantitative estimate of drug-likeness (QED) is 0.501. The normalized spacial score (nSPS) is 11.0. The molecule has 0 radical (unpaired) electrons. The molecule has 0 saturated carbocycles. The van der Waals surface area contributed by atoms with Crippen LogP contribution in [0.25, 0.3) is 0 Å². The van der Waals surface area contributed by atoms with Crippen molar-refractivity contribution in [2.45, 2.75) is 90.5 Å². The summed E-state index contributed by atoms with van der Waals surface area (Å²) in [5.41, 5.74) is 1.01. The number of aromatic nitrogens is 2. The Hall–Kier alpha value is -1.32. The lowest BCUT2D eigenvalue weighted by molar-refractivity contribution is -0.137. The molecule has 22 heavy (non-hydrogen) atoms. The fraction of sp³-hybridized carbons (Fsp3) is 0.778. The van der Waals surface area contributed by atoms with Crippen LogP contribution in [0.5, 0.6) is 0 Å². The van der Waals surface area contributed by atoms with E-state index in [1.807, 2.05) is 6.07 Å². The number of nitrogens with zero attached hydrogens (tertiary/aromatic N) is 2. The highest BCUT2D eigenvalue weighted by Crippen LogP contribution is 2.12. The molecule has 0 amide bonds. The summed E-state index contributed by atoms with van der Waals surface area (Å²) < 4.78 is 1.50. The number of aryl methyl sites for hydroxylation is 1. The third kappa shape index (κ3) is 9.59. The Bertz CT molecular complexity index is 402. The van der Waals surface area contributed by atoms with E-state index >= 15 is 0 Å². The topological polar surface area (TPSA) is 55.1 Å². The summed E-state index contributed by atoms with van der Waals surface area (Å²) in [6.07, 6.45) is 17.5. The zero-order valence-corrected chi connectivity index (χ0v) is 14.1. The molecule has 0 bridgehead atoms. The molecule has 0 atom stereocenters. The van der Waals surface area contributed by atoms with E-state index in [0.717, 1.165) is 18.5 Å². The molecule has 1 heterocycles. The lowest BCUT2D eigenvalue weighted by Gasteiger charge is -2.02. The van der Waals surface area contributed by atoms with Crippen LogP contribution in [-0.4, -0.2) is 20.9 Å². The maximum atomic E-state index is 10.6. The van der Waals surface area contributed by atoms with Crippen LogP contribution in [0.2, 0.25) is 0 Å². The van der Waals surface area contributed by atoms with Crippen LogP contribution >= 0.6 is 0 Å². The highest BCUT2D eigenvalue weighted by atomic mass is 16.4. The molecule has 0 unspecified atom stereocenters. The Morgan fingerprint density at radius 2 is 1.55 bits per heavy atom. The maximum absolute atomic E-state index is 10.6. The first-order chi connectivity index (χ1) is 10.7. The second-order valence-corrected chi connectivity index (χ2v) is 6.18. The van der Waals surface area contributed by atoms with Crippen molar-refractivity contribution >= 4 is 5.97 Å². The first-order valence-corrected chi connectivity index (χ1v) is 8.96. The van der Waals surface area contributed by atoms with Gasteiger partial charge in [0, 0.05) is 6.20 Å². The Morgan fingerprint density at radius 1 is 1.00 bits per heavy atom. The Kier molecular flexibility index (Phi) is 10.4. The molecule has 0 fully saturated rings.